The molecule has 0 aliphatic heterocycles. The average molecular weight is 619 g/mol. The molecule has 0 unspecified atom stereocenters. The van der Waals surface area contributed by atoms with E-state index in [1.54, 1.807) is 19.1 Å². The molecule has 7 heteroatoms. The quantitative estimate of drug-likeness (QED) is 0.0964. The predicted octanol–water partition coefficient (Wildman–Crippen LogP) is 8.05. The SMILES string of the molecule is C#CC.C/C=C(\C=C/COCc1ccccc1)c1c(CCC)c2ccc(C(=O)O)cc2n1CC(=O)NCCO.CC.CCCC. The maximum atomic E-state index is 12.7. The topological polar surface area (TPSA) is 101 Å². The van der Waals surface area contributed by atoms with Gasteiger partial charge in [0.1, 0.15) is 6.54 Å². The number of aryl methyl sites for hydroxylation is 1. The summed E-state index contributed by atoms with van der Waals surface area (Å²) in [7, 11) is 0. The van der Waals surface area contributed by atoms with Crippen LogP contribution in [0.1, 0.15) is 94.9 Å². The predicted molar refractivity (Wildman–Crippen MR) is 188 cm³/mol. The number of carboxylic acid groups (broad SMARTS) is 1. The first kappa shape index (κ1) is 40.9. The number of aromatic nitrogens is 1. The average Bonchev–Trinajstić information content (AvgIpc) is 3.35. The summed E-state index contributed by atoms with van der Waals surface area (Å²) in [5.41, 5.74) is 4.84. The highest BCUT2D eigenvalue weighted by molar-refractivity contribution is 5.98. The minimum Gasteiger partial charge on any atom is -0.478 e. The van der Waals surface area contributed by atoms with Crippen molar-refractivity contribution < 1.29 is 24.5 Å². The molecular formula is C38H54N2O5. The number of aliphatic hydroxyl groups is 1. The molecule has 0 fully saturated rings. The van der Waals surface area contributed by atoms with E-state index in [4.69, 9.17) is 9.84 Å². The summed E-state index contributed by atoms with van der Waals surface area (Å²) in [6.07, 6.45) is 14.8. The number of terminal acetylenes is 1. The van der Waals surface area contributed by atoms with Crippen LogP contribution in [0.25, 0.3) is 16.5 Å². The number of allylic oxidation sites excluding steroid dienone is 3. The third-order valence-corrected chi connectivity index (χ3v) is 6.36. The van der Waals surface area contributed by atoms with E-state index in [0.717, 1.165) is 40.6 Å². The number of carbonyl (C=O) groups is 2. The maximum absolute atomic E-state index is 12.7. The fraction of sp³-hybridized carbons (Fsp3) is 0.421. The Kier molecular flexibility index (Phi) is 22.9. The number of benzene rings is 2. The lowest BCUT2D eigenvalue weighted by atomic mass is 10.0. The number of carboxylic acids is 1. The number of nitrogens with one attached hydrogen (secondary N) is 1. The zero-order chi connectivity index (χ0) is 34.0. The molecule has 0 spiro atoms. The monoisotopic (exact) mass is 618 g/mol. The summed E-state index contributed by atoms with van der Waals surface area (Å²) in [5.74, 6) is 0.978. The molecule has 0 aliphatic carbocycles. The van der Waals surface area contributed by atoms with Crippen molar-refractivity contribution in [3.63, 3.8) is 0 Å². The fourth-order valence-electron chi connectivity index (χ4n) is 4.25. The number of carbonyl (C=O) groups excluding carboxylic acids is 1. The third-order valence-electron chi connectivity index (χ3n) is 6.36. The highest BCUT2D eigenvalue weighted by atomic mass is 16.5. The van der Waals surface area contributed by atoms with Gasteiger partial charge < -0.3 is 24.8 Å². The first-order valence-corrected chi connectivity index (χ1v) is 15.9. The molecule has 0 aliphatic rings. The number of unbranched alkanes of at least 4 members (excludes halogenated alkanes) is 1. The molecule has 3 rings (SSSR count). The van der Waals surface area contributed by atoms with Crippen LogP contribution in [0.3, 0.4) is 0 Å². The summed E-state index contributed by atoms with van der Waals surface area (Å²) >= 11 is 0. The fourth-order valence-corrected chi connectivity index (χ4v) is 4.25. The van der Waals surface area contributed by atoms with Gasteiger partial charge in [0, 0.05) is 11.9 Å². The Morgan fingerprint density at radius 2 is 1.69 bits per heavy atom. The largest absolute Gasteiger partial charge is 0.478 e. The van der Waals surface area contributed by atoms with E-state index in [1.165, 1.54) is 12.8 Å². The molecule has 1 heterocycles. The van der Waals surface area contributed by atoms with E-state index in [9.17, 15) is 14.7 Å². The van der Waals surface area contributed by atoms with E-state index < -0.39 is 5.97 Å². The molecule has 0 saturated heterocycles. The van der Waals surface area contributed by atoms with Crippen molar-refractivity contribution in [3.8, 4) is 12.3 Å². The number of fused-ring (bicyclic) bond motifs is 1. The number of hydrogen-bond donors (Lipinski definition) is 3. The van der Waals surface area contributed by atoms with Gasteiger partial charge in [0.05, 0.1) is 36.6 Å². The van der Waals surface area contributed by atoms with E-state index >= 15 is 0 Å². The van der Waals surface area contributed by atoms with Gasteiger partial charge in [-0.05, 0) is 49.1 Å². The van der Waals surface area contributed by atoms with Crippen LogP contribution in [0.15, 0.2) is 66.8 Å². The number of aromatic carboxylic acids is 1. The second kappa shape index (κ2) is 25.2. The Balaban J connectivity index is 0.00000192. The van der Waals surface area contributed by atoms with Crippen molar-refractivity contribution >= 4 is 28.4 Å². The van der Waals surface area contributed by atoms with E-state index in [2.05, 4.69) is 38.4 Å². The van der Waals surface area contributed by atoms with E-state index in [1.807, 2.05) is 80.0 Å². The molecule has 1 amide bonds. The van der Waals surface area contributed by atoms with Gasteiger partial charge >= 0.3 is 5.97 Å². The number of ether oxygens (including phenoxy) is 1. The lowest BCUT2D eigenvalue weighted by Crippen LogP contribution is -2.30. The Hall–Kier alpha value is -4.12. The van der Waals surface area contributed by atoms with Crippen molar-refractivity contribution in [1.82, 2.24) is 9.88 Å². The minimum absolute atomic E-state index is 0.00824. The molecule has 1 aromatic heterocycles. The van der Waals surface area contributed by atoms with Gasteiger partial charge in [-0.2, -0.15) is 0 Å². The van der Waals surface area contributed by atoms with Gasteiger partial charge in [-0.25, -0.2) is 4.79 Å². The maximum Gasteiger partial charge on any atom is 0.335 e. The first-order valence-electron chi connectivity index (χ1n) is 15.9. The molecule has 0 radical (unpaired) electrons. The summed E-state index contributed by atoms with van der Waals surface area (Å²) in [4.78, 5) is 24.4. The molecular weight excluding hydrogens is 564 g/mol. The molecule has 0 bridgehead atoms. The summed E-state index contributed by atoms with van der Waals surface area (Å²) in [6, 6.07) is 15.0. The van der Waals surface area contributed by atoms with Crippen LogP contribution in [0.2, 0.25) is 0 Å². The second-order valence-corrected chi connectivity index (χ2v) is 9.71. The highest BCUT2D eigenvalue weighted by Gasteiger charge is 2.21. The first-order chi connectivity index (χ1) is 21.8. The van der Waals surface area contributed by atoms with Gasteiger partial charge in [-0.3, -0.25) is 4.79 Å². The Morgan fingerprint density at radius 1 is 1.04 bits per heavy atom. The van der Waals surface area contributed by atoms with Gasteiger partial charge in [-0.1, -0.05) is 109 Å². The van der Waals surface area contributed by atoms with Crippen LogP contribution in [-0.4, -0.2) is 46.4 Å². The molecule has 45 heavy (non-hydrogen) atoms. The zero-order valence-electron chi connectivity index (χ0n) is 28.4. The molecule has 2 aromatic carbocycles. The van der Waals surface area contributed by atoms with Gasteiger partial charge in [0.25, 0.3) is 0 Å². The van der Waals surface area contributed by atoms with Gasteiger partial charge in [0.15, 0.2) is 0 Å². The molecule has 246 valence electrons. The van der Waals surface area contributed by atoms with Crippen LogP contribution < -0.4 is 5.32 Å². The Bertz CT molecular complexity index is 1360. The summed E-state index contributed by atoms with van der Waals surface area (Å²) in [5, 5.41) is 22.3. The second-order valence-electron chi connectivity index (χ2n) is 9.71. The number of nitrogens with zero attached hydrogens (tertiary/aromatic N) is 1. The molecule has 3 N–H and O–H groups in total. The number of rotatable bonds is 14. The van der Waals surface area contributed by atoms with E-state index in [-0.39, 0.29) is 31.2 Å². The highest BCUT2D eigenvalue weighted by Crippen LogP contribution is 2.33. The van der Waals surface area contributed by atoms with Gasteiger partial charge in [-0.15, -0.1) is 12.3 Å². The van der Waals surface area contributed by atoms with Crippen molar-refractivity contribution in [2.24, 2.45) is 0 Å². The molecule has 7 nitrogen and oxygen atoms in total. The van der Waals surface area contributed by atoms with Crippen LogP contribution in [0, 0.1) is 12.3 Å². The lowest BCUT2D eigenvalue weighted by molar-refractivity contribution is -0.121. The van der Waals surface area contributed by atoms with Crippen LogP contribution in [0.4, 0.5) is 0 Å². The van der Waals surface area contributed by atoms with Crippen molar-refractivity contribution in [2.75, 3.05) is 19.8 Å². The van der Waals surface area contributed by atoms with Crippen LogP contribution in [-0.2, 0) is 29.1 Å². The molecule has 0 atom stereocenters. The Morgan fingerprint density at radius 3 is 2.22 bits per heavy atom. The standard InChI is InChI=1S/C29H34N2O5.C4H10.C3H4.C2H6/c1-3-9-25-24-14-13-23(29(34)35)18-26(24)31(19-27(33)30-15-16-32)28(25)22(4-2)12-8-17-36-20-21-10-6-5-7-11-21;1-3-4-2;1-3-2;1-2/h4-8,10-14,18,32H,3,9,15-17,19-20H2,1-2H3,(H,30,33)(H,34,35);3-4H2,1-2H3;1H,2H3;1-2H3/b12-8-,22-4+;;;. The lowest BCUT2D eigenvalue weighted by Gasteiger charge is -2.14. The van der Waals surface area contributed by atoms with Crippen molar-refractivity contribution in [2.45, 2.75) is 87.3 Å². The zero-order valence-corrected chi connectivity index (χ0v) is 28.4. The summed E-state index contributed by atoms with van der Waals surface area (Å²) < 4.78 is 7.67. The van der Waals surface area contributed by atoms with Gasteiger partial charge in [0.2, 0.25) is 5.91 Å². The van der Waals surface area contributed by atoms with Crippen LogP contribution >= 0.6 is 0 Å². The minimum atomic E-state index is -1.02. The smallest absolute Gasteiger partial charge is 0.335 e. The normalized spacial score (nSPS) is 10.5. The van der Waals surface area contributed by atoms with Crippen molar-refractivity contribution in [3.05, 3.63) is 89.1 Å². The molecule has 0 saturated carbocycles. The summed E-state index contributed by atoms with van der Waals surface area (Å²) in [6.45, 7) is 15.0. The van der Waals surface area contributed by atoms with Crippen molar-refractivity contribution in [1.29, 1.82) is 0 Å². The third kappa shape index (κ3) is 14.5. The van der Waals surface area contributed by atoms with E-state index in [0.29, 0.717) is 18.7 Å². The van der Waals surface area contributed by atoms with Crippen LogP contribution in [0.5, 0.6) is 0 Å². The molecule has 3 aromatic rings. The Labute approximate surface area is 271 Å². The number of hydrogen-bond acceptors (Lipinski definition) is 4. The number of amides is 1. The number of aliphatic hydroxyl groups excluding tert-OH is 1.